The van der Waals surface area contributed by atoms with Gasteiger partial charge < -0.3 is 10.6 Å². The van der Waals surface area contributed by atoms with Crippen molar-refractivity contribution in [1.29, 1.82) is 0 Å². The van der Waals surface area contributed by atoms with E-state index in [0.29, 0.717) is 6.54 Å². The van der Waals surface area contributed by atoms with Gasteiger partial charge in [0.2, 0.25) is 0 Å². The molecule has 1 aliphatic heterocycles. The summed E-state index contributed by atoms with van der Waals surface area (Å²) in [7, 11) is 0. The molecular formula is C13H20F3N3O. The van der Waals surface area contributed by atoms with Crippen molar-refractivity contribution in [1.82, 2.24) is 4.90 Å². The lowest BCUT2D eigenvalue weighted by Crippen LogP contribution is -2.57. The molecule has 1 aliphatic carbocycles. The summed E-state index contributed by atoms with van der Waals surface area (Å²) in [4.78, 5) is 17.3. The van der Waals surface area contributed by atoms with E-state index in [1.54, 1.807) is 4.90 Å². The number of urea groups is 1. The molecule has 2 rings (SSSR count). The van der Waals surface area contributed by atoms with E-state index in [9.17, 15) is 18.0 Å². The monoisotopic (exact) mass is 291 g/mol. The summed E-state index contributed by atoms with van der Waals surface area (Å²) in [6.07, 6.45) is -3.68. The van der Waals surface area contributed by atoms with Gasteiger partial charge in [-0.25, -0.2) is 4.79 Å². The Morgan fingerprint density at radius 1 is 1.40 bits per heavy atom. The van der Waals surface area contributed by atoms with Crippen LogP contribution in [0.1, 0.15) is 39.5 Å². The molecule has 0 bridgehead atoms. The average Bonchev–Trinajstić information content (AvgIpc) is 2.53. The Labute approximate surface area is 116 Å². The van der Waals surface area contributed by atoms with E-state index in [1.165, 1.54) is 0 Å². The molecule has 0 atom stereocenters. The Bertz CT molecular complexity index is 423. The molecule has 2 amide bonds. The molecule has 114 valence electrons. The Hall–Kier alpha value is -1.27. The summed E-state index contributed by atoms with van der Waals surface area (Å²) in [6.45, 7) is 4.38. The molecule has 1 spiro atoms. The molecule has 0 unspecified atom stereocenters. The van der Waals surface area contributed by atoms with Gasteiger partial charge >= 0.3 is 12.2 Å². The summed E-state index contributed by atoms with van der Waals surface area (Å²) < 4.78 is 38.3. The molecule has 20 heavy (non-hydrogen) atoms. The van der Waals surface area contributed by atoms with Crippen LogP contribution >= 0.6 is 0 Å². The third-order valence-corrected chi connectivity index (χ3v) is 4.26. The van der Waals surface area contributed by atoms with Crippen LogP contribution in [0.5, 0.6) is 0 Å². The molecule has 4 nitrogen and oxygen atoms in total. The second-order valence-electron chi connectivity index (χ2n) is 6.13. The van der Waals surface area contributed by atoms with E-state index in [2.05, 4.69) is 4.99 Å². The van der Waals surface area contributed by atoms with Crippen LogP contribution in [0.3, 0.4) is 0 Å². The zero-order valence-electron chi connectivity index (χ0n) is 11.7. The molecule has 0 saturated heterocycles. The normalized spacial score (nSPS) is 31.3. The zero-order chi connectivity index (χ0) is 15.1. The van der Waals surface area contributed by atoms with Crippen molar-refractivity contribution in [3.8, 4) is 0 Å². The van der Waals surface area contributed by atoms with Crippen LogP contribution < -0.4 is 5.73 Å². The maximum absolute atomic E-state index is 12.8. The van der Waals surface area contributed by atoms with Gasteiger partial charge in [0.15, 0.2) is 0 Å². The Balaban J connectivity index is 2.17. The number of halogens is 3. The predicted molar refractivity (Wildman–Crippen MR) is 69.3 cm³/mol. The van der Waals surface area contributed by atoms with Crippen molar-refractivity contribution >= 4 is 11.9 Å². The molecule has 0 aromatic carbocycles. The van der Waals surface area contributed by atoms with Crippen molar-refractivity contribution < 1.29 is 18.0 Å². The third-order valence-electron chi connectivity index (χ3n) is 4.26. The first kappa shape index (κ1) is 15.1. The summed E-state index contributed by atoms with van der Waals surface area (Å²) in [5.74, 6) is -0.890. The molecule has 1 fully saturated rings. The van der Waals surface area contributed by atoms with Gasteiger partial charge in [-0.2, -0.15) is 18.2 Å². The van der Waals surface area contributed by atoms with Crippen molar-refractivity contribution in [3.05, 3.63) is 0 Å². The molecule has 0 aromatic rings. The SMILES string of the molecule is CC(C)CN1C(=O)N=C(N)C12CCC(C(F)(F)F)CC2. The number of alkyl halides is 3. The van der Waals surface area contributed by atoms with Crippen molar-refractivity contribution in [2.75, 3.05) is 6.54 Å². The first-order chi connectivity index (χ1) is 9.17. The van der Waals surface area contributed by atoms with Crippen LogP contribution in [0, 0.1) is 11.8 Å². The quantitative estimate of drug-likeness (QED) is 0.850. The van der Waals surface area contributed by atoms with E-state index in [4.69, 9.17) is 5.73 Å². The maximum Gasteiger partial charge on any atom is 0.391 e. The van der Waals surface area contributed by atoms with Crippen LogP contribution in [-0.4, -0.2) is 35.0 Å². The van der Waals surface area contributed by atoms with Gasteiger partial charge in [-0.05, 0) is 31.6 Å². The fourth-order valence-electron chi connectivity index (χ4n) is 3.16. The molecule has 2 aliphatic rings. The summed E-state index contributed by atoms with van der Waals surface area (Å²) in [5.41, 5.74) is 5.07. The lowest BCUT2D eigenvalue weighted by Gasteiger charge is -2.43. The van der Waals surface area contributed by atoms with Crippen molar-refractivity contribution in [2.45, 2.75) is 51.2 Å². The predicted octanol–water partition coefficient (Wildman–Crippen LogP) is 2.93. The average molecular weight is 291 g/mol. The summed E-state index contributed by atoms with van der Waals surface area (Å²) >= 11 is 0. The van der Waals surface area contributed by atoms with Gasteiger partial charge in [-0.15, -0.1) is 0 Å². The minimum atomic E-state index is -4.17. The van der Waals surface area contributed by atoms with Crippen LogP contribution in [0.25, 0.3) is 0 Å². The largest absolute Gasteiger partial charge is 0.391 e. The molecule has 2 N–H and O–H groups in total. The van der Waals surface area contributed by atoms with Gasteiger partial charge in [0, 0.05) is 6.54 Å². The fourth-order valence-corrected chi connectivity index (χ4v) is 3.16. The Morgan fingerprint density at radius 2 is 1.95 bits per heavy atom. The molecule has 1 saturated carbocycles. The second kappa shape index (κ2) is 4.93. The minimum Gasteiger partial charge on any atom is -0.385 e. The highest BCUT2D eigenvalue weighted by molar-refractivity contribution is 6.05. The molecule has 1 heterocycles. The maximum atomic E-state index is 12.8. The van der Waals surface area contributed by atoms with E-state index in [-0.39, 0.29) is 37.4 Å². The lowest BCUT2D eigenvalue weighted by molar-refractivity contribution is -0.185. The van der Waals surface area contributed by atoms with Gasteiger partial charge in [-0.1, -0.05) is 13.8 Å². The van der Waals surface area contributed by atoms with Crippen LogP contribution in [0.2, 0.25) is 0 Å². The second-order valence-corrected chi connectivity index (χ2v) is 6.13. The van der Waals surface area contributed by atoms with Crippen molar-refractivity contribution in [2.24, 2.45) is 22.6 Å². The number of carbonyl (C=O) groups is 1. The van der Waals surface area contributed by atoms with Gasteiger partial charge in [0.1, 0.15) is 11.4 Å². The number of amidine groups is 1. The van der Waals surface area contributed by atoms with Gasteiger partial charge in [0.25, 0.3) is 0 Å². The smallest absolute Gasteiger partial charge is 0.385 e. The lowest BCUT2D eigenvalue weighted by atomic mass is 9.74. The fraction of sp³-hybridized carbons (Fsp3) is 0.846. The van der Waals surface area contributed by atoms with Gasteiger partial charge in [0.05, 0.1) is 5.92 Å². The summed E-state index contributed by atoms with van der Waals surface area (Å²) in [6, 6.07) is -0.415. The highest BCUT2D eigenvalue weighted by Gasteiger charge is 2.53. The third kappa shape index (κ3) is 2.50. The highest BCUT2D eigenvalue weighted by Crippen LogP contribution is 2.45. The number of carbonyl (C=O) groups excluding carboxylic acids is 1. The number of rotatable bonds is 2. The topological polar surface area (TPSA) is 58.7 Å². The van der Waals surface area contributed by atoms with Crippen LogP contribution in [-0.2, 0) is 0 Å². The number of nitrogens with zero attached hydrogens (tertiary/aromatic N) is 2. The van der Waals surface area contributed by atoms with E-state index in [0.717, 1.165) is 0 Å². The van der Waals surface area contributed by atoms with Crippen molar-refractivity contribution in [3.63, 3.8) is 0 Å². The van der Waals surface area contributed by atoms with E-state index < -0.39 is 23.7 Å². The van der Waals surface area contributed by atoms with Crippen LogP contribution in [0.15, 0.2) is 4.99 Å². The number of hydrogen-bond acceptors (Lipinski definition) is 2. The number of nitrogens with two attached hydrogens (primary N) is 1. The van der Waals surface area contributed by atoms with Gasteiger partial charge in [-0.3, -0.25) is 0 Å². The minimum absolute atomic E-state index is 0.00158. The highest BCUT2D eigenvalue weighted by atomic mass is 19.4. The first-order valence-corrected chi connectivity index (χ1v) is 6.90. The molecule has 7 heteroatoms. The van der Waals surface area contributed by atoms with E-state index in [1.807, 2.05) is 13.8 Å². The molecular weight excluding hydrogens is 271 g/mol. The van der Waals surface area contributed by atoms with Crippen LogP contribution in [0.4, 0.5) is 18.0 Å². The number of amides is 2. The molecule has 0 aromatic heterocycles. The van der Waals surface area contributed by atoms with E-state index >= 15 is 0 Å². The zero-order valence-corrected chi connectivity index (χ0v) is 11.7. The standard InChI is InChI=1S/C13H20F3N3O/c1-8(2)7-19-11(20)18-10(17)12(19)5-3-9(4-6-12)13(14,15)16/h8-9H,3-7H2,1-2H3,(H2,17,18,20). The Kier molecular flexibility index (Phi) is 3.73. The summed E-state index contributed by atoms with van der Waals surface area (Å²) in [5, 5.41) is 0. The number of aliphatic imine (C=N–C) groups is 1. The molecule has 0 radical (unpaired) electrons. The Morgan fingerprint density at radius 3 is 2.40 bits per heavy atom. The first-order valence-electron chi connectivity index (χ1n) is 6.90. The number of hydrogen-bond donors (Lipinski definition) is 1.